The smallest absolute Gasteiger partial charge is 0.213 e. The van der Waals surface area contributed by atoms with E-state index in [4.69, 9.17) is 0 Å². The largest absolute Gasteiger partial charge is 0.354 e. The lowest BCUT2D eigenvalue weighted by molar-refractivity contribution is 0.391. The number of hydrogen-bond acceptors (Lipinski definition) is 5. The van der Waals surface area contributed by atoms with E-state index in [-0.39, 0.29) is 11.8 Å². The summed E-state index contributed by atoms with van der Waals surface area (Å²) in [6.45, 7) is 3.13. The van der Waals surface area contributed by atoms with Crippen LogP contribution >= 0.6 is 0 Å². The van der Waals surface area contributed by atoms with Crippen molar-refractivity contribution in [2.24, 2.45) is 0 Å². The minimum Gasteiger partial charge on any atom is -0.354 e. The van der Waals surface area contributed by atoms with Gasteiger partial charge in [-0.3, -0.25) is 0 Å². The summed E-state index contributed by atoms with van der Waals surface area (Å²) >= 11 is 0. The van der Waals surface area contributed by atoms with Gasteiger partial charge in [0.05, 0.1) is 11.1 Å². The molecule has 0 saturated carbocycles. The summed E-state index contributed by atoms with van der Waals surface area (Å²) in [6, 6.07) is 1.95. The van der Waals surface area contributed by atoms with Gasteiger partial charge in [-0.25, -0.2) is 22.7 Å². The van der Waals surface area contributed by atoms with E-state index < -0.39 is 10.0 Å². The number of rotatable bonds is 4. The van der Waals surface area contributed by atoms with E-state index in [0.29, 0.717) is 6.54 Å². The van der Waals surface area contributed by atoms with Gasteiger partial charge in [0.1, 0.15) is 17.8 Å². The van der Waals surface area contributed by atoms with Crippen LogP contribution in [0.4, 0.5) is 5.82 Å². The fourth-order valence-electron chi connectivity index (χ4n) is 2.77. The molecule has 0 radical (unpaired) electrons. The van der Waals surface area contributed by atoms with Crippen LogP contribution in [0.3, 0.4) is 0 Å². The SMILES string of the molecule is CCS(=O)(=O)N(C)[C@@H]1CCN(c2ncnc3[nH]ccc23)C1. The summed E-state index contributed by atoms with van der Waals surface area (Å²) in [4.78, 5) is 13.7. The standard InChI is InChI=1S/C13H19N5O2S/c1-3-21(19,20)17(2)10-5-7-18(8-10)13-11-4-6-14-12(11)15-9-16-13/h4,6,9-10H,3,5,7-8H2,1-2H3,(H,14,15,16)/t10-/m1/s1. The predicted octanol–water partition coefficient (Wildman–Crippen LogP) is 0.818. The second-order valence-electron chi connectivity index (χ2n) is 5.24. The summed E-state index contributed by atoms with van der Waals surface area (Å²) in [5.41, 5.74) is 0.804. The average molecular weight is 309 g/mol. The highest BCUT2D eigenvalue weighted by molar-refractivity contribution is 7.89. The van der Waals surface area contributed by atoms with E-state index >= 15 is 0 Å². The van der Waals surface area contributed by atoms with Gasteiger partial charge in [-0.05, 0) is 19.4 Å². The van der Waals surface area contributed by atoms with Crippen molar-refractivity contribution in [3.8, 4) is 0 Å². The lowest BCUT2D eigenvalue weighted by Crippen LogP contribution is -2.39. The number of H-pyrrole nitrogens is 1. The molecule has 8 heteroatoms. The Morgan fingerprint density at radius 1 is 1.48 bits per heavy atom. The number of sulfonamides is 1. The molecule has 2 aromatic heterocycles. The number of aromatic nitrogens is 3. The third kappa shape index (κ3) is 2.49. The fraction of sp³-hybridized carbons (Fsp3) is 0.538. The quantitative estimate of drug-likeness (QED) is 0.904. The first-order valence-electron chi connectivity index (χ1n) is 7.01. The molecule has 1 N–H and O–H groups in total. The van der Waals surface area contributed by atoms with E-state index in [2.05, 4.69) is 19.9 Å². The lowest BCUT2D eigenvalue weighted by atomic mass is 10.3. The maximum absolute atomic E-state index is 12.0. The van der Waals surface area contributed by atoms with E-state index in [0.717, 1.165) is 29.8 Å². The first-order chi connectivity index (χ1) is 10.0. The van der Waals surface area contributed by atoms with Gasteiger partial charge in [0.15, 0.2) is 0 Å². The van der Waals surface area contributed by atoms with Crippen LogP contribution < -0.4 is 4.90 Å². The number of fused-ring (bicyclic) bond motifs is 1. The molecule has 0 amide bonds. The number of nitrogens with one attached hydrogen (secondary N) is 1. The maximum atomic E-state index is 12.0. The van der Waals surface area contributed by atoms with E-state index in [9.17, 15) is 8.42 Å². The zero-order chi connectivity index (χ0) is 15.0. The summed E-state index contributed by atoms with van der Waals surface area (Å²) in [5.74, 6) is 1.00. The second-order valence-corrected chi connectivity index (χ2v) is 7.56. The van der Waals surface area contributed by atoms with Crippen molar-refractivity contribution in [1.29, 1.82) is 0 Å². The van der Waals surface area contributed by atoms with Crippen molar-refractivity contribution < 1.29 is 8.42 Å². The first-order valence-corrected chi connectivity index (χ1v) is 8.62. The maximum Gasteiger partial charge on any atom is 0.213 e. The summed E-state index contributed by atoms with van der Waals surface area (Å²) < 4.78 is 25.5. The molecular weight excluding hydrogens is 290 g/mol. The van der Waals surface area contributed by atoms with Crippen LogP contribution in [0.2, 0.25) is 0 Å². The third-order valence-electron chi connectivity index (χ3n) is 4.11. The lowest BCUT2D eigenvalue weighted by Gasteiger charge is -2.24. The molecule has 0 bridgehead atoms. The van der Waals surface area contributed by atoms with Crippen LogP contribution in [-0.2, 0) is 10.0 Å². The van der Waals surface area contributed by atoms with Gasteiger partial charge in [0, 0.05) is 32.4 Å². The number of aromatic amines is 1. The molecule has 0 aliphatic carbocycles. The molecule has 1 saturated heterocycles. The van der Waals surface area contributed by atoms with Crippen LogP contribution in [0.1, 0.15) is 13.3 Å². The Hall–Kier alpha value is -1.67. The number of hydrogen-bond donors (Lipinski definition) is 1. The zero-order valence-corrected chi connectivity index (χ0v) is 13.0. The Morgan fingerprint density at radius 2 is 2.29 bits per heavy atom. The van der Waals surface area contributed by atoms with E-state index in [1.807, 2.05) is 12.3 Å². The Kier molecular flexibility index (Phi) is 3.58. The molecule has 1 aliphatic rings. The van der Waals surface area contributed by atoms with Crippen molar-refractivity contribution in [3.05, 3.63) is 18.6 Å². The summed E-state index contributed by atoms with van der Waals surface area (Å²) in [7, 11) is -1.49. The highest BCUT2D eigenvalue weighted by atomic mass is 32.2. The molecule has 2 aromatic rings. The highest BCUT2D eigenvalue weighted by Crippen LogP contribution is 2.27. The van der Waals surface area contributed by atoms with Crippen molar-refractivity contribution >= 4 is 26.9 Å². The Balaban J connectivity index is 1.83. The number of likely N-dealkylation sites (N-methyl/N-ethyl adjacent to an activating group) is 1. The molecule has 7 nitrogen and oxygen atoms in total. The topological polar surface area (TPSA) is 82.2 Å². The zero-order valence-electron chi connectivity index (χ0n) is 12.2. The van der Waals surface area contributed by atoms with Crippen LogP contribution in [-0.4, -0.2) is 59.6 Å². The fourth-order valence-corrected chi connectivity index (χ4v) is 3.81. The monoisotopic (exact) mass is 309 g/mol. The van der Waals surface area contributed by atoms with Gasteiger partial charge < -0.3 is 9.88 Å². The minimum atomic E-state index is -3.15. The summed E-state index contributed by atoms with van der Waals surface area (Å²) in [6.07, 6.45) is 4.18. The molecule has 0 unspecified atom stereocenters. The molecule has 3 heterocycles. The molecule has 0 spiro atoms. The molecule has 1 aliphatic heterocycles. The normalized spacial score (nSPS) is 19.8. The van der Waals surface area contributed by atoms with Gasteiger partial charge in [0.25, 0.3) is 0 Å². The summed E-state index contributed by atoms with van der Waals surface area (Å²) in [5, 5.41) is 0.971. The minimum absolute atomic E-state index is 0.00101. The molecule has 1 fully saturated rings. The Bertz CT molecular complexity index is 742. The highest BCUT2D eigenvalue weighted by Gasteiger charge is 2.32. The van der Waals surface area contributed by atoms with Gasteiger partial charge >= 0.3 is 0 Å². The number of anilines is 1. The van der Waals surface area contributed by atoms with Crippen molar-refractivity contribution in [1.82, 2.24) is 19.3 Å². The molecule has 114 valence electrons. The average Bonchev–Trinajstić information content (AvgIpc) is 3.14. The van der Waals surface area contributed by atoms with Gasteiger partial charge in [0.2, 0.25) is 10.0 Å². The third-order valence-corrected chi connectivity index (χ3v) is 6.02. The second kappa shape index (κ2) is 5.27. The predicted molar refractivity (Wildman–Crippen MR) is 81.7 cm³/mol. The van der Waals surface area contributed by atoms with Crippen molar-refractivity contribution in [2.75, 3.05) is 30.8 Å². The molecule has 1 atom stereocenters. The molecular formula is C13H19N5O2S. The van der Waals surface area contributed by atoms with Crippen LogP contribution in [0, 0.1) is 0 Å². The van der Waals surface area contributed by atoms with Crippen LogP contribution in [0.15, 0.2) is 18.6 Å². The van der Waals surface area contributed by atoms with Crippen molar-refractivity contribution in [2.45, 2.75) is 19.4 Å². The van der Waals surface area contributed by atoms with Gasteiger partial charge in [-0.1, -0.05) is 0 Å². The van der Waals surface area contributed by atoms with E-state index in [1.54, 1.807) is 14.0 Å². The Labute approximate surface area is 124 Å². The first kappa shape index (κ1) is 14.3. The number of nitrogens with zero attached hydrogens (tertiary/aromatic N) is 4. The van der Waals surface area contributed by atoms with Gasteiger partial charge in [-0.15, -0.1) is 0 Å². The van der Waals surface area contributed by atoms with E-state index in [1.165, 1.54) is 10.6 Å². The molecule has 0 aromatic carbocycles. The molecule has 21 heavy (non-hydrogen) atoms. The van der Waals surface area contributed by atoms with Crippen molar-refractivity contribution in [3.63, 3.8) is 0 Å². The molecule has 3 rings (SSSR count). The van der Waals surface area contributed by atoms with Gasteiger partial charge in [-0.2, -0.15) is 0 Å². The van der Waals surface area contributed by atoms with Crippen LogP contribution in [0.5, 0.6) is 0 Å². The Morgan fingerprint density at radius 3 is 3.05 bits per heavy atom. The van der Waals surface area contributed by atoms with Crippen LogP contribution in [0.25, 0.3) is 11.0 Å².